The van der Waals surface area contributed by atoms with E-state index in [4.69, 9.17) is 0 Å². The van der Waals surface area contributed by atoms with Gasteiger partial charge in [-0.15, -0.1) is 0 Å². The van der Waals surface area contributed by atoms with Crippen LogP contribution in [0.2, 0.25) is 0 Å². The molecule has 0 atom stereocenters. The van der Waals surface area contributed by atoms with E-state index in [1.165, 1.54) is 5.69 Å². The first-order valence-corrected chi connectivity index (χ1v) is 8.36. The minimum absolute atomic E-state index is 0.0850. The molecule has 5 heteroatoms. The van der Waals surface area contributed by atoms with Crippen molar-refractivity contribution in [1.82, 2.24) is 19.3 Å². The lowest BCUT2D eigenvalue weighted by Crippen LogP contribution is -2.38. The summed E-state index contributed by atoms with van der Waals surface area (Å²) in [6.45, 7) is 3.49. The molecule has 4 rings (SSSR count). The second kappa shape index (κ2) is 6.07. The molecule has 0 unspecified atom stereocenters. The highest BCUT2D eigenvalue weighted by Gasteiger charge is 2.25. The van der Waals surface area contributed by atoms with Gasteiger partial charge in [0.1, 0.15) is 5.65 Å². The van der Waals surface area contributed by atoms with Gasteiger partial charge in [0.25, 0.3) is 5.91 Å². The predicted octanol–water partition coefficient (Wildman–Crippen LogP) is 3.06. The van der Waals surface area contributed by atoms with E-state index in [1.807, 2.05) is 42.4 Å². The molecule has 0 aromatic carbocycles. The van der Waals surface area contributed by atoms with Crippen molar-refractivity contribution < 1.29 is 4.79 Å². The van der Waals surface area contributed by atoms with Crippen LogP contribution in [0, 0.1) is 6.92 Å². The maximum Gasteiger partial charge on any atom is 0.255 e. The summed E-state index contributed by atoms with van der Waals surface area (Å²) in [4.78, 5) is 23.1. The van der Waals surface area contributed by atoms with Crippen LogP contribution >= 0.6 is 0 Å². The lowest BCUT2D eigenvalue weighted by Gasteiger charge is -2.32. The van der Waals surface area contributed by atoms with Crippen LogP contribution in [0.15, 0.2) is 48.9 Å². The van der Waals surface area contributed by atoms with Crippen LogP contribution in [0.4, 0.5) is 0 Å². The van der Waals surface area contributed by atoms with Crippen molar-refractivity contribution in [2.24, 2.45) is 0 Å². The van der Waals surface area contributed by atoms with Gasteiger partial charge in [-0.2, -0.15) is 0 Å². The summed E-state index contributed by atoms with van der Waals surface area (Å²) in [6.07, 6.45) is 7.47. The van der Waals surface area contributed by atoms with E-state index in [-0.39, 0.29) is 5.91 Å². The average Bonchev–Trinajstić information content (AvgIpc) is 3.11. The van der Waals surface area contributed by atoms with Crippen LogP contribution in [0.5, 0.6) is 0 Å². The number of aromatic nitrogens is 3. The van der Waals surface area contributed by atoms with Gasteiger partial charge in [-0.1, -0.05) is 6.07 Å². The molecule has 0 N–H and O–H groups in total. The predicted molar refractivity (Wildman–Crippen MR) is 92.0 cm³/mol. The fraction of sp³-hybridized carbons (Fsp3) is 0.316. The lowest BCUT2D eigenvalue weighted by atomic mass is 9.92. The van der Waals surface area contributed by atoms with Crippen molar-refractivity contribution >= 4 is 11.6 Å². The largest absolute Gasteiger partial charge is 0.339 e. The second-order valence-electron chi connectivity index (χ2n) is 6.36. The molecule has 1 fully saturated rings. The van der Waals surface area contributed by atoms with Crippen molar-refractivity contribution in [1.29, 1.82) is 0 Å². The summed E-state index contributed by atoms with van der Waals surface area (Å²) in [7, 11) is 0. The zero-order valence-corrected chi connectivity index (χ0v) is 13.7. The number of aryl methyl sites for hydroxylation is 1. The van der Waals surface area contributed by atoms with Gasteiger partial charge in [-0.25, -0.2) is 4.98 Å². The van der Waals surface area contributed by atoms with Crippen molar-refractivity contribution in [2.75, 3.05) is 13.1 Å². The Kier molecular flexibility index (Phi) is 3.76. The summed E-state index contributed by atoms with van der Waals surface area (Å²) in [5, 5.41) is 0. The Bertz CT molecular complexity index is 860. The molecule has 5 nitrogen and oxygen atoms in total. The molecule has 1 amide bonds. The first-order chi connectivity index (χ1) is 11.7. The maximum absolute atomic E-state index is 12.6. The number of rotatable bonds is 2. The molecule has 122 valence electrons. The van der Waals surface area contributed by atoms with Crippen molar-refractivity contribution in [3.63, 3.8) is 0 Å². The molecule has 3 aromatic rings. The van der Waals surface area contributed by atoms with Crippen LogP contribution in [-0.2, 0) is 0 Å². The number of pyridine rings is 2. The van der Waals surface area contributed by atoms with Gasteiger partial charge in [0.15, 0.2) is 0 Å². The van der Waals surface area contributed by atoms with E-state index < -0.39 is 0 Å². The molecular weight excluding hydrogens is 300 g/mol. The van der Waals surface area contributed by atoms with Gasteiger partial charge in [0.2, 0.25) is 0 Å². The molecule has 1 saturated heterocycles. The van der Waals surface area contributed by atoms with Crippen LogP contribution in [0.1, 0.15) is 40.5 Å². The van der Waals surface area contributed by atoms with E-state index in [0.717, 1.165) is 37.3 Å². The summed E-state index contributed by atoms with van der Waals surface area (Å²) in [5.74, 6) is 0.546. The minimum atomic E-state index is 0.0850. The molecule has 0 spiro atoms. The van der Waals surface area contributed by atoms with Crippen molar-refractivity contribution in [2.45, 2.75) is 25.7 Å². The lowest BCUT2D eigenvalue weighted by molar-refractivity contribution is 0.0711. The normalized spacial score (nSPS) is 15.8. The smallest absolute Gasteiger partial charge is 0.255 e. The van der Waals surface area contributed by atoms with Gasteiger partial charge < -0.3 is 9.30 Å². The number of imidazole rings is 1. The van der Waals surface area contributed by atoms with Gasteiger partial charge in [0.05, 0.1) is 5.56 Å². The summed E-state index contributed by atoms with van der Waals surface area (Å²) in [5.41, 5.74) is 3.88. The SMILES string of the molecule is Cc1ccc(C(=O)N2CCC(c3cccc4nccn34)CC2)cn1. The zero-order chi connectivity index (χ0) is 16.5. The average molecular weight is 320 g/mol. The number of nitrogens with zero attached hydrogens (tertiary/aromatic N) is 4. The third-order valence-corrected chi connectivity index (χ3v) is 4.82. The first-order valence-electron chi connectivity index (χ1n) is 8.36. The molecule has 24 heavy (non-hydrogen) atoms. The molecule has 0 radical (unpaired) electrons. The topological polar surface area (TPSA) is 50.5 Å². The summed E-state index contributed by atoms with van der Waals surface area (Å²) < 4.78 is 2.16. The van der Waals surface area contributed by atoms with Gasteiger partial charge in [0, 0.05) is 49.0 Å². The quantitative estimate of drug-likeness (QED) is 0.729. The number of carbonyl (C=O) groups excluding carboxylic acids is 1. The fourth-order valence-corrected chi connectivity index (χ4v) is 3.46. The van der Waals surface area contributed by atoms with Crippen LogP contribution in [0.25, 0.3) is 5.65 Å². The number of piperidine rings is 1. The van der Waals surface area contributed by atoms with Gasteiger partial charge in [-0.3, -0.25) is 9.78 Å². The maximum atomic E-state index is 12.6. The molecule has 0 aliphatic carbocycles. The number of likely N-dealkylation sites (tertiary alicyclic amines) is 1. The highest BCUT2D eigenvalue weighted by atomic mass is 16.2. The third-order valence-electron chi connectivity index (χ3n) is 4.82. The zero-order valence-electron chi connectivity index (χ0n) is 13.7. The van der Waals surface area contributed by atoms with E-state index >= 15 is 0 Å². The molecule has 0 saturated carbocycles. The Morgan fingerprint density at radius 2 is 1.96 bits per heavy atom. The van der Waals surface area contributed by atoms with E-state index in [2.05, 4.69) is 26.5 Å². The summed E-state index contributed by atoms with van der Waals surface area (Å²) >= 11 is 0. The molecule has 3 aromatic heterocycles. The van der Waals surface area contributed by atoms with Gasteiger partial charge >= 0.3 is 0 Å². The van der Waals surface area contributed by atoms with Crippen LogP contribution in [0.3, 0.4) is 0 Å². The Hall–Kier alpha value is -2.69. The standard InChI is InChI=1S/C19H20N4O/c1-14-5-6-16(13-21-14)19(24)22-10-7-15(8-11-22)17-3-2-4-18-20-9-12-23(17)18/h2-6,9,12-13,15H,7-8,10-11H2,1H3. The number of amides is 1. The Morgan fingerprint density at radius 1 is 1.12 bits per heavy atom. The van der Waals surface area contributed by atoms with E-state index in [1.54, 1.807) is 6.20 Å². The Morgan fingerprint density at radius 3 is 2.71 bits per heavy atom. The number of hydrogen-bond acceptors (Lipinski definition) is 3. The summed E-state index contributed by atoms with van der Waals surface area (Å²) in [6, 6.07) is 10.0. The molecule has 1 aliphatic heterocycles. The fourth-order valence-electron chi connectivity index (χ4n) is 3.46. The van der Waals surface area contributed by atoms with Crippen LogP contribution in [-0.4, -0.2) is 38.3 Å². The molecule has 4 heterocycles. The molecular formula is C19H20N4O. The highest BCUT2D eigenvalue weighted by molar-refractivity contribution is 5.94. The first kappa shape index (κ1) is 14.9. The van der Waals surface area contributed by atoms with Crippen molar-refractivity contribution in [3.8, 4) is 0 Å². The van der Waals surface area contributed by atoms with Gasteiger partial charge in [-0.05, 0) is 44.0 Å². The minimum Gasteiger partial charge on any atom is -0.339 e. The number of hydrogen-bond donors (Lipinski definition) is 0. The molecule has 1 aliphatic rings. The van der Waals surface area contributed by atoms with E-state index in [0.29, 0.717) is 11.5 Å². The Labute approximate surface area is 141 Å². The molecule has 0 bridgehead atoms. The number of fused-ring (bicyclic) bond motifs is 1. The van der Waals surface area contributed by atoms with E-state index in [9.17, 15) is 4.79 Å². The Balaban J connectivity index is 1.48. The number of carbonyl (C=O) groups is 1. The third kappa shape index (κ3) is 2.66. The van der Waals surface area contributed by atoms with Crippen molar-refractivity contribution in [3.05, 3.63) is 65.9 Å². The highest BCUT2D eigenvalue weighted by Crippen LogP contribution is 2.29. The monoisotopic (exact) mass is 320 g/mol. The second-order valence-corrected chi connectivity index (χ2v) is 6.36. The van der Waals surface area contributed by atoms with Crippen LogP contribution < -0.4 is 0 Å².